The van der Waals surface area contributed by atoms with Gasteiger partial charge < -0.3 is 5.32 Å². The number of hydrogen-bond donors (Lipinski definition) is 1. The van der Waals surface area contributed by atoms with Gasteiger partial charge in [-0.1, -0.05) is 37.2 Å². The van der Waals surface area contributed by atoms with Gasteiger partial charge in [-0.3, -0.25) is 0 Å². The van der Waals surface area contributed by atoms with E-state index in [1.807, 2.05) is 0 Å². The Labute approximate surface area is 95.0 Å². The van der Waals surface area contributed by atoms with Gasteiger partial charge in [0.15, 0.2) is 0 Å². The van der Waals surface area contributed by atoms with Crippen molar-refractivity contribution in [3.05, 3.63) is 47.3 Å². The minimum atomic E-state index is -0.213. The topological polar surface area (TPSA) is 12.0 Å². The summed E-state index contributed by atoms with van der Waals surface area (Å²) in [6.07, 6.45) is 0.926. The zero-order valence-corrected chi connectivity index (χ0v) is 9.52. The molecule has 0 amide bonds. The molecule has 0 heterocycles. The molecule has 1 nitrogen and oxygen atoms in total. The second kappa shape index (κ2) is 5.89. The fourth-order valence-electron chi connectivity index (χ4n) is 1.43. The van der Waals surface area contributed by atoms with Crippen molar-refractivity contribution in [3.63, 3.8) is 0 Å². The molecule has 1 aromatic rings. The van der Waals surface area contributed by atoms with Crippen LogP contribution < -0.4 is 5.32 Å². The van der Waals surface area contributed by atoms with Crippen LogP contribution >= 0.6 is 11.6 Å². The van der Waals surface area contributed by atoms with Crippen molar-refractivity contribution in [2.45, 2.75) is 19.4 Å². The second-order valence-corrected chi connectivity index (χ2v) is 3.95. The van der Waals surface area contributed by atoms with Crippen LogP contribution in [-0.2, 0) is 0 Å². The summed E-state index contributed by atoms with van der Waals surface area (Å²) in [5.74, 6) is -0.213. The third kappa shape index (κ3) is 4.02. The Bertz CT molecular complexity index is 321. The van der Waals surface area contributed by atoms with Crippen molar-refractivity contribution in [2.24, 2.45) is 0 Å². The van der Waals surface area contributed by atoms with E-state index in [1.54, 1.807) is 12.1 Å². The van der Waals surface area contributed by atoms with Gasteiger partial charge in [0.2, 0.25) is 0 Å². The minimum Gasteiger partial charge on any atom is -0.305 e. The molecule has 1 N–H and O–H groups in total. The van der Waals surface area contributed by atoms with Crippen LogP contribution in [0, 0.1) is 5.82 Å². The maximum atomic E-state index is 12.7. The first kappa shape index (κ1) is 12.2. The molecule has 0 aliphatic rings. The summed E-state index contributed by atoms with van der Waals surface area (Å²) in [6, 6.07) is 6.70. The van der Waals surface area contributed by atoms with E-state index in [2.05, 4.69) is 18.8 Å². The van der Waals surface area contributed by atoms with Crippen molar-refractivity contribution in [1.29, 1.82) is 0 Å². The maximum absolute atomic E-state index is 12.7. The van der Waals surface area contributed by atoms with Gasteiger partial charge >= 0.3 is 0 Å². The lowest BCUT2D eigenvalue weighted by Crippen LogP contribution is -2.21. The van der Waals surface area contributed by atoms with Crippen LogP contribution in [0.5, 0.6) is 0 Å². The highest BCUT2D eigenvalue weighted by molar-refractivity contribution is 6.29. The van der Waals surface area contributed by atoms with Crippen LogP contribution in [0.1, 0.15) is 24.9 Å². The van der Waals surface area contributed by atoms with Gasteiger partial charge in [0.1, 0.15) is 5.82 Å². The molecule has 1 atom stereocenters. The monoisotopic (exact) mass is 227 g/mol. The average Bonchev–Trinajstić information content (AvgIpc) is 2.21. The zero-order chi connectivity index (χ0) is 11.3. The third-order valence-corrected chi connectivity index (χ3v) is 2.35. The van der Waals surface area contributed by atoms with E-state index in [0.29, 0.717) is 11.6 Å². The highest BCUT2D eigenvalue weighted by Crippen LogP contribution is 2.17. The lowest BCUT2D eigenvalue weighted by molar-refractivity contribution is 0.547. The zero-order valence-electron chi connectivity index (χ0n) is 8.76. The highest BCUT2D eigenvalue weighted by Gasteiger charge is 2.08. The Kier molecular flexibility index (Phi) is 4.79. The number of halogens is 2. The Morgan fingerprint density at radius 3 is 2.53 bits per heavy atom. The van der Waals surface area contributed by atoms with E-state index >= 15 is 0 Å². The van der Waals surface area contributed by atoms with E-state index < -0.39 is 0 Å². The fourth-order valence-corrected chi connectivity index (χ4v) is 1.50. The molecule has 1 rings (SSSR count). The molecule has 1 aromatic carbocycles. The Hall–Kier alpha value is -0.860. The molecular formula is C12H15ClFN. The smallest absolute Gasteiger partial charge is 0.123 e. The molecule has 15 heavy (non-hydrogen) atoms. The molecule has 0 aliphatic carbocycles. The minimum absolute atomic E-state index is 0.195. The first-order chi connectivity index (χ1) is 7.13. The molecular weight excluding hydrogens is 213 g/mol. The molecule has 0 aliphatic heterocycles. The summed E-state index contributed by atoms with van der Waals surface area (Å²) in [5, 5.41) is 3.83. The number of benzene rings is 1. The summed E-state index contributed by atoms with van der Waals surface area (Å²) < 4.78 is 12.7. The van der Waals surface area contributed by atoms with Crippen LogP contribution in [0.3, 0.4) is 0 Å². The van der Waals surface area contributed by atoms with E-state index in [0.717, 1.165) is 12.0 Å². The molecule has 82 valence electrons. The van der Waals surface area contributed by atoms with Gasteiger partial charge in [-0.05, 0) is 24.1 Å². The highest BCUT2D eigenvalue weighted by atomic mass is 35.5. The number of rotatable bonds is 5. The average molecular weight is 228 g/mol. The predicted molar refractivity (Wildman–Crippen MR) is 62.4 cm³/mol. The van der Waals surface area contributed by atoms with Crippen LogP contribution in [-0.4, -0.2) is 6.54 Å². The second-order valence-electron chi connectivity index (χ2n) is 3.41. The number of hydrogen-bond acceptors (Lipinski definition) is 1. The predicted octanol–water partition coefficient (Wildman–Crippen LogP) is 3.62. The van der Waals surface area contributed by atoms with Gasteiger partial charge in [0, 0.05) is 17.6 Å². The van der Waals surface area contributed by atoms with Gasteiger partial charge in [-0.15, -0.1) is 0 Å². The Morgan fingerprint density at radius 2 is 2.07 bits per heavy atom. The van der Waals surface area contributed by atoms with Crippen molar-refractivity contribution in [2.75, 3.05) is 6.54 Å². The first-order valence-electron chi connectivity index (χ1n) is 4.95. The summed E-state index contributed by atoms with van der Waals surface area (Å²) in [4.78, 5) is 0. The van der Waals surface area contributed by atoms with Crippen LogP contribution in [0.4, 0.5) is 4.39 Å². The summed E-state index contributed by atoms with van der Waals surface area (Å²) in [7, 11) is 0. The first-order valence-corrected chi connectivity index (χ1v) is 5.33. The molecule has 0 aromatic heterocycles. The van der Waals surface area contributed by atoms with Crippen molar-refractivity contribution < 1.29 is 4.39 Å². The van der Waals surface area contributed by atoms with Crippen LogP contribution in [0.15, 0.2) is 35.9 Å². The lowest BCUT2D eigenvalue weighted by Gasteiger charge is -2.16. The van der Waals surface area contributed by atoms with Crippen molar-refractivity contribution in [3.8, 4) is 0 Å². The maximum Gasteiger partial charge on any atom is 0.123 e. The standard InChI is InChI=1S/C12H15ClFN/c1-3-12(15-8-9(2)13)10-4-6-11(14)7-5-10/h4-7,12,15H,2-3,8H2,1H3. The van der Waals surface area contributed by atoms with Crippen LogP contribution in [0.25, 0.3) is 0 Å². The van der Waals surface area contributed by atoms with Gasteiger partial charge in [0.05, 0.1) is 0 Å². The lowest BCUT2D eigenvalue weighted by atomic mass is 10.0. The number of nitrogens with one attached hydrogen (secondary N) is 1. The molecule has 0 saturated heterocycles. The molecule has 1 unspecified atom stereocenters. The van der Waals surface area contributed by atoms with Gasteiger partial charge in [-0.2, -0.15) is 0 Å². The van der Waals surface area contributed by atoms with E-state index in [4.69, 9.17) is 11.6 Å². The van der Waals surface area contributed by atoms with E-state index in [9.17, 15) is 4.39 Å². The molecule has 0 radical (unpaired) electrons. The fraction of sp³-hybridized carbons (Fsp3) is 0.333. The van der Waals surface area contributed by atoms with Crippen LogP contribution in [0.2, 0.25) is 0 Å². The van der Waals surface area contributed by atoms with Crippen molar-refractivity contribution in [1.82, 2.24) is 5.32 Å². The van der Waals surface area contributed by atoms with Gasteiger partial charge in [-0.25, -0.2) is 4.39 Å². The van der Waals surface area contributed by atoms with Crippen molar-refractivity contribution >= 4 is 11.6 Å². The summed E-state index contributed by atoms with van der Waals surface area (Å²) in [5.41, 5.74) is 1.07. The summed E-state index contributed by atoms with van der Waals surface area (Å²) >= 11 is 5.67. The normalized spacial score (nSPS) is 12.5. The SMILES string of the molecule is C=C(Cl)CNC(CC)c1ccc(F)cc1. The largest absolute Gasteiger partial charge is 0.305 e. The molecule has 0 saturated carbocycles. The summed E-state index contributed by atoms with van der Waals surface area (Å²) in [6.45, 7) is 6.25. The van der Waals surface area contributed by atoms with E-state index in [1.165, 1.54) is 12.1 Å². The molecule has 3 heteroatoms. The quantitative estimate of drug-likeness (QED) is 0.810. The molecule has 0 bridgehead atoms. The van der Waals surface area contributed by atoms with E-state index in [-0.39, 0.29) is 11.9 Å². The Morgan fingerprint density at radius 1 is 1.47 bits per heavy atom. The van der Waals surface area contributed by atoms with Gasteiger partial charge in [0.25, 0.3) is 0 Å². The third-order valence-electron chi connectivity index (χ3n) is 2.22. The molecule has 0 spiro atoms. The molecule has 0 fully saturated rings. The Balaban J connectivity index is 2.65.